The van der Waals surface area contributed by atoms with Gasteiger partial charge in [0.15, 0.2) is 0 Å². The monoisotopic (exact) mass is 383 g/mol. The second-order valence-corrected chi connectivity index (χ2v) is 6.80. The van der Waals surface area contributed by atoms with E-state index in [-0.39, 0.29) is 11.4 Å². The van der Waals surface area contributed by atoms with E-state index in [4.69, 9.17) is 4.74 Å². The van der Waals surface area contributed by atoms with E-state index in [1.165, 1.54) is 23.5 Å². The normalized spacial score (nSPS) is 10.4. The molecular weight excluding hydrogens is 366 g/mol. The number of carbonyl (C=O) groups is 1. The van der Waals surface area contributed by atoms with Crippen LogP contribution in [0.5, 0.6) is 5.75 Å². The number of anilines is 1. The first-order valence-electron chi connectivity index (χ1n) is 8.10. The first kappa shape index (κ1) is 18.5. The fourth-order valence-corrected chi connectivity index (χ4v) is 3.27. The molecule has 8 heteroatoms. The molecule has 0 bridgehead atoms. The van der Waals surface area contributed by atoms with Crippen molar-refractivity contribution >= 4 is 28.6 Å². The summed E-state index contributed by atoms with van der Waals surface area (Å²) in [6, 6.07) is 12.0. The summed E-state index contributed by atoms with van der Waals surface area (Å²) in [5.41, 5.74) is 2.41. The molecule has 0 aliphatic rings. The number of non-ortho nitro benzene ring substituents is 1. The Bertz CT molecular complexity index is 983. The molecule has 0 unspecified atom stereocenters. The van der Waals surface area contributed by atoms with Crippen molar-refractivity contribution in [2.75, 3.05) is 12.4 Å². The van der Waals surface area contributed by atoms with E-state index in [0.717, 1.165) is 21.9 Å². The molecule has 2 aromatic carbocycles. The molecule has 3 aromatic rings. The highest BCUT2D eigenvalue weighted by molar-refractivity contribution is 7.09. The summed E-state index contributed by atoms with van der Waals surface area (Å²) in [5, 5.41) is 16.1. The largest absolute Gasteiger partial charge is 0.497 e. The summed E-state index contributed by atoms with van der Waals surface area (Å²) in [7, 11) is 1.61. The first-order chi connectivity index (χ1) is 13.0. The van der Waals surface area contributed by atoms with Crippen LogP contribution in [0.2, 0.25) is 0 Å². The summed E-state index contributed by atoms with van der Waals surface area (Å²) in [6.45, 7) is 1.77. The number of methoxy groups -OCH3 is 1. The van der Waals surface area contributed by atoms with Crippen molar-refractivity contribution in [3.63, 3.8) is 0 Å². The first-order valence-corrected chi connectivity index (χ1v) is 8.98. The smallest absolute Gasteiger partial charge is 0.275 e. The van der Waals surface area contributed by atoms with Crippen molar-refractivity contribution in [1.82, 2.24) is 4.98 Å². The van der Waals surface area contributed by atoms with Gasteiger partial charge in [0.2, 0.25) is 0 Å². The lowest BCUT2D eigenvalue weighted by Gasteiger charge is -2.06. The fourth-order valence-electron chi connectivity index (χ4n) is 2.46. The van der Waals surface area contributed by atoms with Crippen LogP contribution in [0.25, 0.3) is 0 Å². The Morgan fingerprint density at radius 2 is 2.00 bits per heavy atom. The molecule has 0 aliphatic heterocycles. The highest BCUT2D eigenvalue weighted by Crippen LogP contribution is 2.23. The van der Waals surface area contributed by atoms with Gasteiger partial charge >= 0.3 is 0 Å². The van der Waals surface area contributed by atoms with Crippen molar-refractivity contribution in [2.24, 2.45) is 0 Å². The van der Waals surface area contributed by atoms with Crippen LogP contribution >= 0.6 is 11.3 Å². The third kappa shape index (κ3) is 4.48. The average molecular weight is 383 g/mol. The molecule has 3 rings (SSSR count). The van der Waals surface area contributed by atoms with Gasteiger partial charge in [-0.15, -0.1) is 11.3 Å². The maximum absolute atomic E-state index is 12.4. The number of hydrogen-bond acceptors (Lipinski definition) is 6. The number of nitro benzene ring substituents is 1. The number of hydrogen-bond donors (Lipinski definition) is 1. The number of amides is 1. The molecule has 1 aromatic heterocycles. The number of carbonyl (C=O) groups excluding carboxylic acids is 1. The van der Waals surface area contributed by atoms with Gasteiger partial charge in [0, 0.05) is 23.9 Å². The molecule has 1 heterocycles. The van der Waals surface area contributed by atoms with Crippen LogP contribution in [0.1, 0.15) is 26.6 Å². The molecule has 0 spiro atoms. The number of aryl methyl sites for hydroxylation is 1. The average Bonchev–Trinajstić information content (AvgIpc) is 3.12. The van der Waals surface area contributed by atoms with Gasteiger partial charge in [0.05, 0.1) is 22.7 Å². The number of nitrogens with one attached hydrogen (secondary N) is 1. The molecule has 0 saturated carbocycles. The van der Waals surface area contributed by atoms with Crippen molar-refractivity contribution in [2.45, 2.75) is 13.3 Å². The maximum Gasteiger partial charge on any atom is 0.275 e. The second kappa shape index (κ2) is 7.96. The topological polar surface area (TPSA) is 94.4 Å². The lowest BCUT2D eigenvalue weighted by atomic mass is 10.1. The predicted molar refractivity (Wildman–Crippen MR) is 104 cm³/mol. The van der Waals surface area contributed by atoms with Gasteiger partial charge < -0.3 is 10.1 Å². The minimum atomic E-state index is -0.495. The predicted octanol–water partition coefficient (Wildman–Crippen LogP) is 4.21. The van der Waals surface area contributed by atoms with Gasteiger partial charge in [-0.25, -0.2) is 4.98 Å². The Labute approximate surface area is 159 Å². The molecular formula is C19H17N3O4S. The Morgan fingerprint density at radius 1 is 1.26 bits per heavy atom. The molecule has 7 nitrogen and oxygen atoms in total. The lowest BCUT2D eigenvalue weighted by molar-refractivity contribution is -0.384. The number of rotatable bonds is 6. The third-order valence-corrected chi connectivity index (χ3v) is 4.83. The van der Waals surface area contributed by atoms with Crippen LogP contribution in [-0.2, 0) is 6.42 Å². The maximum atomic E-state index is 12.4. The summed E-state index contributed by atoms with van der Waals surface area (Å²) < 4.78 is 5.14. The number of aromatic nitrogens is 1. The van der Waals surface area contributed by atoms with Crippen LogP contribution in [0.4, 0.5) is 11.4 Å². The molecule has 0 saturated heterocycles. The molecule has 138 valence electrons. The van der Waals surface area contributed by atoms with Gasteiger partial charge in [-0.2, -0.15) is 0 Å². The van der Waals surface area contributed by atoms with E-state index in [0.29, 0.717) is 12.1 Å². The summed E-state index contributed by atoms with van der Waals surface area (Å²) >= 11 is 1.39. The van der Waals surface area contributed by atoms with Gasteiger partial charge in [0.25, 0.3) is 11.6 Å². The van der Waals surface area contributed by atoms with E-state index in [2.05, 4.69) is 10.3 Å². The molecule has 1 amide bonds. The molecule has 1 N–H and O–H groups in total. The van der Waals surface area contributed by atoms with Gasteiger partial charge in [-0.3, -0.25) is 14.9 Å². The zero-order valence-corrected chi connectivity index (χ0v) is 15.6. The Kier molecular flexibility index (Phi) is 5.46. The zero-order chi connectivity index (χ0) is 19.4. The van der Waals surface area contributed by atoms with Crippen LogP contribution in [-0.4, -0.2) is 22.9 Å². The van der Waals surface area contributed by atoms with E-state index in [1.807, 2.05) is 24.3 Å². The van der Waals surface area contributed by atoms with Gasteiger partial charge in [-0.05, 0) is 30.2 Å². The molecule has 0 fully saturated rings. The Hall–Kier alpha value is -3.26. The van der Waals surface area contributed by atoms with Crippen molar-refractivity contribution < 1.29 is 14.5 Å². The molecule has 27 heavy (non-hydrogen) atoms. The molecule has 0 atom stereocenters. The number of thiazole rings is 1. The number of nitrogens with zero attached hydrogens (tertiary/aromatic N) is 2. The highest BCUT2D eigenvalue weighted by atomic mass is 32.1. The summed E-state index contributed by atoms with van der Waals surface area (Å²) in [4.78, 5) is 27.2. The standard InChI is InChI=1S/C19H17N3O4S/c1-12-3-6-14(22(24)25)10-16(12)21-19(23)17-11-27-18(20-17)9-13-4-7-15(26-2)8-5-13/h3-8,10-11H,9H2,1-2H3,(H,21,23). The van der Waals surface area contributed by atoms with Crippen LogP contribution in [0.3, 0.4) is 0 Å². The quantitative estimate of drug-likeness (QED) is 0.508. The van der Waals surface area contributed by atoms with Crippen LogP contribution in [0.15, 0.2) is 47.8 Å². The fraction of sp³-hybridized carbons (Fsp3) is 0.158. The van der Waals surface area contributed by atoms with E-state index >= 15 is 0 Å². The Balaban J connectivity index is 1.71. The van der Waals surface area contributed by atoms with Crippen LogP contribution < -0.4 is 10.1 Å². The lowest BCUT2D eigenvalue weighted by Crippen LogP contribution is -2.13. The van der Waals surface area contributed by atoms with Crippen molar-refractivity contribution in [3.05, 3.63) is 79.8 Å². The Morgan fingerprint density at radius 3 is 2.67 bits per heavy atom. The SMILES string of the molecule is COc1ccc(Cc2nc(C(=O)Nc3cc([N+](=O)[O-])ccc3C)cs2)cc1. The summed E-state index contributed by atoms with van der Waals surface area (Å²) in [6.07, 6.45) is 0.609. The zero-order valence-electron chi connectivity index (χ0n) is 14.8. The van der Waals surface area contributed by atoms with Crippen molar-refractivity contribution in [3.8, 4) is 5.75 Å². The number of ether oxygens (including phenoxy) is 1. The minimum Gasteiger partial charge on any atom is -0.497 e. The highest BCUT2D eigenvalue weighted by Gasteiger charge is 2.15. The molecule has 0 aliphatic carbocycles. The van der Waals surface area contributed by atoms with E-state index in [1.54, 1.807) is 25.5 Å². The van der Waals surface area contributed by atoms with Gasteiger partial charge in [-0.1, -0.05) is 18.2 Å². The minimum absolute atomic E-state index is 0.0747. The van der Waals surface area contributed by atoms with E-state index < -0.39 is 10.8 Å². The number of benzene rings is 2. The summed E-state index contributed by atoms with van der Waals surface area (Å²) in [5.74, 6) is 0.390. The number of nitro groups is 1. The van der Waals surface area contributed by atoms with Crippen LogP contribution in [0, 0.1) is 17.0 Å². The second-order valence-electron chi connectivity index (χ2n) is 5.86. The van der Waals surface area contributed by atoms with Crippen molar-refractivity contribution in [1.29, 1.82) is 0 Å². The van der Waals surface area contributed by atoms with Gasteiger partial charge in [0.1, 0.15) is 11.4 Å². The molecule has 0 radical (unpaired) electrons. The third-order valence-electron chi connectivity index (χ3n) is 3.98. The van der Waals surface area contributed by atoms with E-state index in [9.17, 15) is 14.9 Å².